The summed E-state index contributed by atoms with van der Waals surface area (Å²) >= 11 is 1.46. The SMILES string of the molecule is c1nnc(-c2cnoc2)s1. The molecule has 0 aliphatic rings. The maximum absolute atomic E-state index is 4.63. The zero-order valence-electron chi connectivity index (χ0n) is 4.89. The first-order valence-electron chi connectivity index (χ1n) is 2.63. The van der Waals surface area contributed by atoms with Gasteiger partial charge in [-0.05, 0) is 0 Å². The molecule has 2 heterocycles. The molecular weight excluding hydrogens is 150 g/mol. The van der Waals surface area contributed by atoms with Crippen LogP contribution >= 0.6 is 11.3 Å². The fraction of sp³-hybridized carbons (Fsp3) is 0. The van der Waals surface area contributed by atoms with E-state index in [1.54, 1.807) is 18.0 Å². The fourth-order valence-electron chi connectivity index (χ4n) is 0.609. The summed E-state index contributed by atoms with van der Waals surface area (Å²) in [6, 6.07) is 0. The van der Waals surface area contributed by atoms with Crippen molar-refractivity contribution in [1.29, 1.82) is 0 Å². The van der Waals surface area contributed by atoms with Gasteiger partial charge in [-0.15, -0.1) is 10.2 Å². The van der Waals surface area contributed by atoms with Crippen LogP contribution in [-0.4, -0.2) is 15.4 Å². The van der Waals surface area contributed by atoms with Gasteiger partial charge in [-0.1, -0.05) is 16.5 Å². The van der Waals surface area contributed by atoms with Crippen molar-refractivity contribution in [2.45, 2.75) is 0 Å². The lowest BCUT2D eigenvalue weighted by Gasteiger charge is -1.78. The van der Waals surface area contributed by atoms with Gasteiger partial charge >= 0.3 is 0 Å². The van der Waals surface area contributed by atoms with E-state index in [1.165, 1.54) is 11.3 Å². The van der Waals surface area contributed by atoms with Crippen LogP contribution in [0.5, 0.6) is 0 Å². The Labute approximate surface area is 60.5 Å². The summed E-state index contributed by atoms with van der Waals surface area (Å²) < 4.78 is 4.63. The van der Waals surface area contributed by atoms with Crippen molar-refractivity contribution in [3.05, 3.63) is 18.0 Å². The lowest BCUT2D eigenvalue weighted by Crippen LogP contribution is -1.70. The third-order valence-corrected chi connectivity index (χ3v) is 1.78. The molecule has 0 spiro atoms. The van der Waals surface area contributed by atoms with E-state index < -0.39 is 0 Å². The molecule has 0 atom stereocenters. The summed E-state index contributed by atoms with van der Waals surface area (Å²) in [5, 5.41) is 11.9. The maximum Gasteiger partial charge on any atom is 0.152 e. The summed E-state index contributed by atoms with van der Waals surface area (Å²) in [4.78, 5) is 0. The van der Waals surface area contributed by atoms with Crippen molar-refractivity contribution in [1.82, 2.24) is 15.4 Å². The molecule has 5 heteroatoms. The highest BCUT2D eigenvalue weighted by molar-refractivity contribution is 7.12. The van der Waals surface area contributed by atoms with E-state index in [9.17, 15) is 0 Å². The highest BCUT2D eigenvalue weighted by Crippen LogP contribution is 2.18. The first-order valence-corrected chi connectivity index (χ1v) is 3.51. The van der Waals surface area contributed by atoms with Crippen LogP contribution in [0.2, 0.25) is 0 Å². The van der Waals surface area contributed by atoms with Crippen molar-refractivity contribution in [2.24, 2.45) is 0 Å². The lowest BCUT2D eigenvalue weighted by molar-refractivity contribution is 0.420. The summed E-state index contributed by atoms with van der Waals surface area (Å²) in [5.74, 6) is 0. The van der Waals surface area contributed by atoms with Crippen molar-refractivity contribution < 1.29 is 4.52 Å². The Morgan fingerprint density at radius 3 is 3.10 bits per heavy atom. The lowest BCUT2D eigenvalue weighted by atomic mass is 10.4. The van der Waals surface area contributed by atoms with Crippen LogP contribution in [0.1, 0.15) is 0 Å². The van der Waals surface area contributed by atoms with Crippen LogP contribution in [0.25, 0.3) is 10.6 Å². The molecule has 4 nitrogen and oxygen atoms in total. The van der Waals surface area contributed by atoms with Gasteiger partial charge in [0, 0.05) is 0 Å². The average Bonchev–Trinajstić information content (AvgIpc) is 2.59. The molecule has 0 radical (unpaired) electrons. The number of rotatable bonds is 1. The van der Waals surface area contributed by atoms with E-state index in [0.717, 1.165) is 10.6 Å². The van der Waals surface area contributed by atoms with Crippen molar-refractivity contribution in [3.8, 4) is 10.6 Å². The first kappa shape index (κ1) is 5.55. The summed E-state index contributed by atoms with van der Waals surface area (Å²) in [6.45, 7) is 0. The van der Waals surface area contributed by atoms with E-state index in [1.807, 2.05) is 0 Å². The Morgan fingerprint density at radius 1 is 1.50 bits per heavy atom. The molecule has 0 aliphatic heterocycles. The predicted octanol–water partition coefficient (Wildman–Crippen LogP) is 1.19. The van der Waals surface area contributed by atoms with E-state index in [0.29, 0.717) is 0 Å². The maximum atomic E-state index is 4.63. The second-order valence-corrected chi connectivity index (χ2v) is 2.49. The number of nitrogens with zero attached hydrogens (tertiary/aromatic N) is 3. The molecule has 2 aromatic heterocycles. The third kappa shape index (κ3) is 0.801. The monoisotopic (exact) mass is 153 g/mol. The minimum absolute atomic E-state index is 0.834. The van der Waals surface area contributed by atoms with E-state index in [2.05, 4.69) is 19.9 Å². The molecule has 0 saturated heterocycles. The first-order chi connectivity index (χ1) is 4.97. The minimum Gasteiger partial charge on any atom is -0.364 e. The molecule has 0 fully saturated rings. The second kappa shape index (κ2) is 2.18. The van der Waals surface area contributed by atoms with Crippen LogP contribution in [0, 0.1) is 0 Å². The van der Waals surface area contributed by atoms with E-state index in [-0.39, 0.29) is 0 Å². The molecule has 0 saturated carbocycles. The fourth-order valence-corrected chi connectivity index (χ4v) is 1.13. The second-order valence-electron chi connectivity index (χ2n) is 1.66. The van der Waals surface area contributed by atoms with Crippen molar-refractivity contribution >= 4 is 11.3 Å². The summed E-state index contributed by atoms with van der Waals surface area (Å²) in [7, 11) is 0. The normalized spacial score (nSPS) is 10.0. The molecule has 2 rings (SSSR count). The molecule has 0 aromatic carbocycles. The summed E-state index contributed by atoms with van der Waals surface area (Å²) in [6.07, 6.45) is 3.15. The third-order valence-electron chi connectivity index (χ3n) is 1.04. The molecule has 0 bridgehead atoms. The number of hydrogen-bond donors (Lipinski definition) is 0. The zero-order chi connectivity index (χ0) is 6.81. The van der Waals surface area contributed by atoms with Gasteiger partial charge in [-0.25, -0.2) is 0 Å². The Kier molecular flexibility index (Phi) is 1.21. The highest BCUT2D eigenvalue weighted by Gasteiger charge is 2.01. The van der Waals surface area contributed by atoms with Gasteiger partial charge in [-0.3, -0.25) is 0 Å². The number of aromatic nitrogens is 3. The molecule has 50 valence electrons. The minimum atomic E-state index is 0.834. The van der Waals surface area contributed by atoms with Gasteiger partial charge in [0.25, 0.3) is 0 Å². The van der Waals surface area contributed by atoms with Crippen molar-refractivity contribution in [3.63, 3.8) is 0 Å². The van der Waals surface area contributed by atoms with Crippen LogP contribution < -0.4 is 0 Å². The van der Waals surface area contributed by atoms with Crippen LogP contribution in [0.4, 0.5) is 0 Å². The molecule has 0 amide bonds. The molecule has 0 N–H and O–H groups in total. The van der Waals surface area contributed by atoms with Gasteiger partial charge in [0.05, 0.1) is 11.8 Å². The van der Waals surface area contributed by atoms with Gasteiger partial charge in [0.2, 0.25) is 0 Å². The standard InChI is InChI=1S/C5H3N3OS/c1-4(2-9-7-1)5-8-6-3-10-5/h1-3H. The predicted molar refractivity (Wildman–Crippen MR) is 35.4 cm³/mol. The Hall–Kier alpha value is -1.23. The highest BCUT2D eigenvalue weighted by atomic mass is 32.1. The Morgan fingerprint density at radius 2 is 2.50 bits per heavy atom. The Balaban J connectivity index is 2.48. The number of hydrogen-bond acceptors (Lipinski definition) is 5. The van der Waals surface area contributed by atoms with Gasteiger partial charge in [0.1, 0.15) is 11.8 Å². The van der Waals surface area contributed by atoms with Crippen molar-refractivity contribution in [2.75, 3.05) is 0 Å². The van der Waals surface area contributed by atoms with Gasteiger partial charge < -0.3 is 4.52 Å². The summed E-state index contributed by atoms with van der Waals surface area (Å²) in [5.41, 5.74) is 2.55. The van der Waals surface area contributed by atoms with Crippen LogP contribution in [0.15, 0.2) is 22.5 Å². The quantitative estimate of drug-likeness (QED) is 0.617. The van der Waals surface area contributed by atoms with E-state index >= 15 is 0 Å². The zero-order valence-corrected chi connectivity index (χ0v) is 5.71. The molecular formula is C5H3N3OS. The molecule has 2 aromatic rings. The largest absolute Gasteiger partial charge is 0.364 e. The van der Waals surface area contributed by atoms with Gasteiger partial charge in [0.15, 0.2) is 5.01 Å². The average molecular weight is 153 g/mol. The van der Waals surface area contributed by atoms with Gasteiger partial charge in [-0.2, -0.15) is 0 Å². The van der Waals surface area contributed by atoms with Crippen LogP contribution in [0.3, 0.4) is 0 Å². The van der Waals surface area contributed by atoms with E-state index in [4.69, 9.17) is 0 Å². The molecule has 0 unspecified atom stereocenters. The van der Waals surface area contributed by atoms with Crippen LogP contribution in [-0.2, 0) is 0 Å². The Bertz CT molecular complexity index is 256. The molecule has 10 heavy (non-hydrogen) atoms. The molecule has 0 aliphatic carbocycles. The smallest absolute Gasteiger partial charge is 0.152 e. The topological polar surface area (TPSA) is 51.8 Å².